The molecule has 2 aliphatic rings. The van der Waals surface area contributed by atoms with Crippen LogP contribution in [0.15, 0.2) is 0 Å². The van der Waals surface area contributed by atoms with Gasteiger partial charge in [0.1, 0.15) is 0 Å². The molecule has 0 aromatic heterocycles. The number of nitrogens with zero attached hydrogens (tertiary/aromatic N) is 1. The molecule has 1 amide bonds. The molecule has 2 aliphatic heterocycles. The lowest BCUT2D eigenvalue weighted by Crippen LogP contribution is -2.59. The molecule has 1 unspecified atom stereocenters. The number of carbonyl (C=O) groups is 1. The van der Waals surface area contributed by atoms with Gasteiger partial charge in [-0.2, -0.15) is 0 Å². The Kier molecular flexibility index (Phi) is 3.97. The Hall–Kier alpha value is -0.610. The van der Waals surface area contributed by atoms with Crippen molar-refractivity contribution in [3.05, 3.63) is 0 Å². The molecule has 0 aromatic carbocycles. The molecule has 2 rings (SSSR count). The van der Waals surface area contributed by atoms with Gasteiger partial charge >= 0.3 is 0 Å². The first-order valence-electron chi connectivity index (χ1n) is 7.12. The van der Waals surface area contributed by atoms with Gasteiger partial charge in [-0.25, -0.2) is 0 Å². The fourth-order valence-corrected chi connectivity index (χ4v) is 3.25. The zero-order chi connectivity index (χ0) is 13.2. The highest BCUT2D eigenvalue weighted by atomic mass is 16.5. The largest absolute Gasteiger partial charge is 0.377 e. The molecular weight excluding hydrogens is 228 g/mol. The highest BCUT2D eigenvalue weighted by Crippen LogP contribution is 2.36. The number of amides is 1. The third kappa shape index (κ3) is 2.41. The Morgan fingerprint density at radius 3 is 2.78 bits per heavy atom. The summed E-state index contributed by atoms with van der Waals surface area (Å²) in [5.41, 5.74) is -0.331. The van der Waals surface area contributed by atoms with Crippen LogP contribution in [0.25, 0.3) is 0 Å². The second-order valence-corrected chi connectivity index (χ2v) is 6.28. The summed E-state index contributed by atoms with van der Waals surface area (Å²) in [6.45, 7) is 10.2. The van der Waals surface area contributed by atoms with Crippen LogP contribution in [0.4, 0.5) is 0 Å². The summed E-state index contributed by atoms with van der Waals surface area (Å²) >= 11 is 0. The quantitative estimate of drug-likeness (QED) is 0.828. The molecule has 104 valence electrons. The van der Waals surface area contributed by atoms with Gasteiger partial charge in [0.05, 0.1) is 24.2 Å². The van der Waals surface area contributed by atoms with Crippen molar-refractivity contribution < 1.29 is 9.53 Å². The molecule has 4 nitrogen and oxygen atoms in total. The van der Waals surface area contributed by atoms with Gasteiger partial charge < -0.3 is 15.0 Å². The predicted molar refractivity (Wildman–Crippen MR) is 71.4 cm³/mol. The predicted octanol–water partition coefficient (Wildman–Crippen LogP) is 1.40. The summed E-state index contributed by atoms with van der Waals surface area (Å²) in [5.74, 6) is 0.336. The minimum absolute atomic E-state index is 0.163. The summed E-state index contributed by atoms with van der Waals surface area (Å²) in [5, 5.41) is 3.37. The van der Waals surface area contributed by atoms with Gasteiger partial charge in [0.2, 0.25) is 5.91 Å². The van der Waals surface area contributed by atoms with Crippen LogP contribution in [0.3, 0.4) is 0 Å². The molecule has 2 fully saturated rings. The van der Waals surface area contributed by atoms with Crippen LogP contribution in [0, 0.1) is 5.41 Å². The summed E-state index contributed by atoms with van der Waals surface area (Å²) in [7, 11) is 0. The van der Waals surface area contributed by atoms with Crippen LogP contribution in [-0.2, 0) is 9.53 Å². The van der Waals surface area contributed by atoms with E-state index in [1.54, 1.807) is 0 Å². The number of hydrogen-bond donors (Lipinski definition) is 1. The Labute approximate surface area is 110 Å². The minimum atomic E-state index is -0.168. The molecule has 0 aliphatic carbocycles. The van der Waals surface area contributed by atoms with Crippen molar-refractivity contribution in [1.82, 2.24) is 10.2 Å². The van der Waals surface area contributed by atoms with Gasteiger partial charge in [-0.1, -0.05) is 13.3 Å². The number of ether oxygens (including phenoxy) is 1. The van der Waals surface area contributed by atoms with Crippen molar-refractivity contribution in [2.75, 3.05) is 32.8 Å². The molecule has 1 N–H and O–H groups in total. The lowest BCUT2D eigenvalue weighted by molar-refractivity contribution is -0.157. The second kappa shape index (κ2) is 5.17. The molecule has 18 heavy (non-hydrogen) atoms. The standard InChI is InChI=1S/C14H26N2O2/c1-4-5-14(6-7-15-10-14)12(17)16-8-9-18-11-13(16,2)3/h15H,4-11H2,1-3H3. The molecule has 4 heteroatoms. The lowest BCUT2D eigenvalue weighted by Gasteiger charge is -2.46. The van der Waals surface area contributed by atoms with Gasteiger partial charge in [0.15, 0.2) is 0 Å². The maximum Gasteiger partial charge on any atom is 0.230 e. The first kappa shape index (κ1) is 13.8. The van der Waals surface area contributed by atoms with Gasteiger partial charge in [0.25, 0.3) is 0 Å². The normalized spacial score (nSPS) is 31.6. The van der Waals surface area contributed by atoms with E-state index in [9.17, 15) is 4.79 Å². The van der Waals surface area contributed by atoms with E-state index in [4.69, 9.17) is 4.74 Å². The molecule has 0 bridgehead atoms. The Morgan fingerprint density at radius 2 is 2.22 bits per heavy atom. The van der Waals surface area contributed by atoms with E-state index >= 15 is 0 Å². The monoisotopic (exact) mass is 254 g/mol. The lowest BCUT2D eigenvalue weighted by atomic mass is 9.79. The molecule has 2 heterocycles. The molecule has 0 aromatic rings. The number of morpholine rings is 1. The van der Waals surface area contributed by atoms with Gasteiger partial charge in [-0.3, -0.25) is 4.79 Å². The smallest absolute Gasteiger partial charge is 0.230 e. The maximum atomic E-state index is 13.0. The van der Waals surface area contributed by atoms with E-state index in [-0.39, 0.29) is 11.0 Å². The fraction of sp³-hybridized carbons (Fsp3) is 0.929. The van der Waals surface area contributed by atoms with Crippen LogP contribution in [-0.4, -0.2) is 49.2 Å². The fourth-order valence-electron chi connectivity index (χ4n) is 3.25. The van der Waals surface area contributed by atoms with Crippen molar-refractivity contribution in [3.8, 4) is 0 Å². The van der Waals surface area contributed by atoms with Crippen LogP contribution in [0.1, 0.15) is 40.0 Å². The average molecular weight is 254 g/mol. The minimum Gasteiger partial charge on any atom is -0.377 e. The van der Waals surface area contributed by atoms with Gasteiger partial charge in [0, 0.05) is 13.1 Å². The summed E-state index contributed by atoms with van der Waals surface area (Å²) in [6.07, 6.45) is 3.04. The Morgan fingerprint density at radius 1 is 1.44 bits per heavy atom. The highest BCUT2D eigenvalue weighted by molar-refractivity contribution is 5.84. The second-order valence-electron chi connectivity index (χ2n) is 6.28. The summed E-state index contributed by atoms with van der Waals surface area (Å²) < 4.78 is 5.51. The molecule has 0 saturated carbocycles. The van der Waals surface area contributed by atoms with E-state index in [1.807, 2.05) is 0 Å². The molecular formula is C14H26N2O2. The van der Waals surface area contributed by atoms with Crippen LogP contribution in [0.2, 0.25) is 0 Å². The SMILES string of the molecule is CCCC1(C(=O)N2CCOCC2(C)C)CCNC1. The van der Waals surface area contributed by atoms with E-state index < -0.39 is 0 Å². The average Bonchev–Trinajstić information content (AvgIpc) is 2.78. The zero-order valence-corrected chi connectivity index (χ0v) is 11.9. The highest BCUT2D eigenvalue weighted by Gasteiger charge is 2.46. The maximum absolute atomic E-state index is 13.0. The molecule has 0 radical (unpaired) electrons. The molecule has 2 saturated heterocycles. The Balaban J connectivity index is 2.17. The van der Waals surface area contributed by atoms with E-state index in [0.717, 1.165) is 38.9 Å². The number of carbonyl (C=O) groups excluding carboxylic acids is 1. The van der Waals surface area contributed by atoms with Crippen molar-refractivity contribution in [3.63, 3.8) is 0 Å². The first-order valence-corrected chi connectivity index (χ1v) is 7.12. The zero-order valence-electron chi connectivity index (χ0n) is 11.9. The van der Waals surface area contributed by atoms with Crippen LogP contribution >= 0.6 is 0 Å². The van der Waals surface area contributed by atoms with Gasteiger partial charge in [-0.05, 0) is 33.2 Å². The van der Waals surface area contributed by atoms with E-state index in [0.29, 0.717) is 19.1 Å². The van der Waals surface area contributed by atoms with Crippen molar-refractivity contribution in [1.29, 1.82) is 0 Å². The number of rotatable bonds is 3. The van der Waals surface area contributed by atoms with Crippen molar-refractivity contribution >= 4 is 5.91 Å². The summed E-state index contributed by atoms with van der Waals surface area (Å²) in [6, 6.07) is 0. The number of hydrogen-bond acceptors (Lipinski definition) is 3. The van der Waals surface area contributed by atoms with Crippen molar-refractivity contribution in [2.45, 2.75) is 45.6 Å². The van der Waals surface area contributed by atoms with Crippen LogP contribution in [0.5, 0.6) is 0 Å². The van der Waals surface area contributed by atoms with Crippen LogP contribution < -0.4 is 5.32 Å². The van der Waals surface area contributed by atoms with Gasteiger partial charge in [-0.15, -0.1) is 0 Å². The third-order valence-electron chi connectivity index (χ3n) is 4.32. The topological polar surface area (TPSA) is 41.6 Å². The molecule has 1 atom stereocenters. The van der Waals surface area contributed by atoms with E-state index in [2.05, 4.69) is 31.0 Å². The first-order chi connectivity index (χ1) is 8.52. The Bertz CT molecular complexity index is 309. The van der Waals surface area contributed by atoms with Crippen molar-refractivity contribution in [2.24, 2.45) is 5.41 Å². The van der Waals surface area contributed by atoms with E-state index in [1.165, 1.54) is 0 Å². The summed E-state index contributed by atoms with van der Waals surface area (Å²) in [4.78, 5) is 15.0. The molecule has 0 spiro atoms. The third-order valence-corrected chi connectivity index (χ3v) is 4.32. The number of nitrogens with one attached hydrogen (secondary N) is 1.